The topological polar surface area (TPSA) is 12.0 Å². The largest absolute Gasteiger partial charge is 0.313 e. The van der Waals surface area contributed by atoms with Crippen molar-refractivity contribution < 1.29 is 8.78 Å². The lowest BCUT2D eigenvalue weighted by molar-refractivity contribution is 0.331. The minimum absolute atomic E-state index is 0.144. The van der Waals surface area contributed by atoms with Gasteiger partial charge in [0.15, 0.2) is 0 Å². The SMILES string of the molecule is CCCC(CCC)(CNC1CC1)c1cc(F)cc(F)c1. The summed E-state index contributed by atoms with van der Waals surface area (Å²) in [5, 5.41) is 3.56. The second-order valence-corrected chi connectivity index (χ2v) is 6.09. The number of hydrogen-bond acceptors (Lipinski definition) is 1. The summed E-state index contributed by atoms with van der Waals surface area (Å²) in [7, 11) is 0. The molecule has 1 saturated carbocycles. The summed E-state index contributed by atoms with van der Waals surface area (Å²) in [6.07, 6.45) is 6.42. The molecule has 1 nitrogen and oxygen atoms in total. The summed E-state index contributed by atoms with van der Waals surface area (Å²) in [6, 6.07) is 4.60. The Bertz CT molecular complexity index is 414. The molecule has 0 aromatic heterocycles. The van der Waals surface area contributed by atoms with Gasteiger partial charge in [0.25, 0.3) is 0 Å². The van der Waals surface area contributed by atoms with Crippen LogP contribution in [0, 0.1) is 11.6 Å². The lowest BCUT2D eigenvalue weighted by atomic mass is 9.73. The van der Waals surface area contributed by atoms with Gasteiger partial charge in [-0.2, -0.15) is 0 Å². The number of hydrogen-bond donors (Lipinski definition) is 1. The molecule has 0 bridgehead atoms. The zero-order valence-corrected chi connectivity index (χ0v) is 12.5. The van der Waals surface area contributed by atoms with Crippen molar-refractivity contribution >= 4 is 0 Å². The van der Waals surface area contributed by atoms with Crippen LogP contribution in [0.1, 0.15) is 57.9 Å². The molecule has 0 aliphatic heterocycles. The second kappa shape index (κ2) is 6.66. The molecule has 3 heteroatoms. The standard InChI is InChI=1S/C17H25F2N/c1-3-7-17(8-4-2,12-20-16-5-6-16)13-9-14(18)11-15(19)10-13/h9-11,16,20H,3-8,12H2,1-2H3. The van der Waals surface area contributed by atoms with Gasteiger partial charge in [0, 0.05) is 24.1 Å². The van der Waals surface area contributed by atoms with Crippen LogP contribution in [0.2, 0.25) is 0 Å². The van der Waals surface area contributed by atoms with Gasteiger partial charge >= 0.3 is 0 Å². The average molecular weight is 281 g/mol. The van der Waals surface area contributed by atoms with E-state index in [1.165, 1.54) is 25.0 Å². The Morgan fingerprint density at radius 2 is 1.60 bits per heavy atom. The van der Waals surface area contributed by atoms with E-state index < -0.39 is 11.6 Å². The normalized spacial score (nSPS) is 15.6. The van der Waals surface area contributed by atoms with Crippen LogP contribution >= 0.6 is 0 Å². The number of nitrogens with one attached hydrogen (secondary N) is 1. The van der Waals surface area contributed by atoms with Gasteiger partial charge < -0.3 is 5.32 Å². The van der Waals surface area contributed by atoms with E-state index in [1.54, 1.807) is 0 Å². The Labute approximate surface area is 120 Å². The number of benzene rings is 1. The fourth-order valence-electron chi connectivity index (χ4n) is 3.14. The molecule has 0 saturated heterocycles. The fraction of sp³-hybridized carbons (Fsp3) is 0.647. The van der Waals surface area contributed by atoms with Gasteiger partial charge in [-0.3, -0.25) is 0 Å². The van der Waals surface area contributed by atoms with Crippen molar-refractivity contribution in [3.8, 4) is 0 Å². The summed E-state index contributed by atoms with van der Waals surface area (Å²) in [4.78, 5) is 0. The molecule has 1 aromatic rings. The van der Waals surface area contributed by atoms with Gasteiger partial charge in [0.1, 0.15) is 11.6 Å². The van der Waals surface area contributed by atoms with E-state index in [2.05, 4.69) is 19.2 Å². The van der Waals surface area contributed by atoms with Crippen molar-refractivity contribution in [2.75, 3.05) is 6.54 Å². The van der Waals surface area contributed by atoms with Crippen LogP contribution in [0.4, 0.5) is 8.78 Å². The molecule has 0 atom stereocenters. The molecule has 0 amide bonds. The number of halogens is 2. The van der Waals surface area contributed by atoms with Gasteiger partial charge in [0.2, 0.25) is 0 Å². The van der Waals surface area contributed by atoms with E-state index in [4.69, 9.17) is 0 Å². The molecule has 0 spiro atoms. The zero-order valence-electron chi connectivity index (χ0n) is 12.5. The predicted molar refractivity (Wildman–Crippen MR) is 78.9 cm³/mol. The first kappa shape index (κ1) is 15.4. The van der Waals surface area contributed by atoms with Crippen LogP contribution in [0.25, 0.3) is 0 Å². The lowest BCUT2D eigenvalue weighted by Crippen LogP contribution is -2.39. The first-order chi connectivity index (χ1) is 9.59. The minimum Gasteiger partial charge on any atom is -0.313 e. The summed E-state index contributed by atoms with van der Waals surface area (Å²) in [5.74, 6) is -0.939. The van der Waals surface area contributed by atoms with Crippen LogP contribution in [0.15, 0.2) is 18.2 Å². The highest BCUT2D eigenvalue weighted by atomic mass is 19.1. The highest BCUT2D eigenvalue weighted by Gasteiger charge is 2.33. The molecular formula is C17H25F2N. The minimum atomic E-state index is -0.469. The van der Waals surface area contributed by atoms with E-state index >= 15 is 0 Å². The molecule has 1 aliphatic carbocycles. The lowest BCUT2D eigenvalue weighted by Gasteiger charge is -2.35. The Balaban J connectivity index is 2.29. The third-order valence-corrected chi connectivity index (χ3v) is 4.24. The molecule has 2 rings (SSSR count). The van der Waals surface area contributed by atoms with Crippen molar-refractivity contribution in [1.29, 1.82) is 0 Å². The molecule has 1 aliphatic rings. The maximum Gasteiger partial charge on any atom is 0.126 e. The highest BCUT2D eigenvalue weighted by Crippen LogP contribution is 2.36. The molecule has 1 fully saturated rings. The first-order valence-electron chi connectivity index (χ1n) is 7.79. The molecule has 0 unspecified atom stereocenters. The maximum atomic E-state index is 13.6. The van der Waals surface area contributed by atoms with E-state index in [-0.39, 0.29) is 5.41 Å². The van der Waals surface area contributed by atoms with Gasteiger partial charge in [-0.15, -0.1) is 0 Å². The maximum absolute atomic E-state index is 13.6. The van der Waals surface area contributed by atoms with Crippen LogP contribution in [-0.4, -0.2) is 12.6 Å². The summed E-state index contributed by atoms with van der Waals surface area (Å²) in [5.41, 5.74) is 0.668. The van der Waals surface area contributed by atoms with Crippen LogP contribution < -0.4 is 5.32 Å². The quantitative estimate of drug-likeness (QED) is 0.737. The van der Waals surface area contributed by atoms with E-state index in [1.807, 2.05) is 0 Å². The van der Waals surface area contributed by atoms with Gasteiger partial charge in [-0.25, -0.2) is 8.78 Å². The molecule has 112 valence electrons. The van der Waals surface area contributed by atoms with E-state index in [0.29, 0.717) is 6.04 Å². The Hall–Kier alpha value is -0.960. The average Bonchev–Trinajstić information content (AvgIpc) is 3.19. The molecular weight excluding hydrogens is 256 g/mol. The Morgan fingerprint density at radius 3 is 2.05 bits per heavy atom. The van der Waals surface area contributed by atoms with Gasteiger partial charge in [-0.05, 0) is 43.4 Å². The smallest absolute Gasteiger partial charge is 0.126 e. The summed E-state index contributed by atoms with van der Waals surface area (Å²) in [6.45, 7) is 5.09. The zero-order chi connectivity index (χ0) is 14.6. The van der Waals surface area contributed by atoms with Crippen molar-refractivity contribution in [3.63, 3.8) is 0 Å². The first-order valence-corrected chi connectivity index (χ1v) is 7.79. The summed E-state index contributed by atoms with van der Waals surface area (Å²) < 4.78 is 27.2. The van der Waals surface area contributed by atoms with Crippen LogP contribution in [-0.2, 0) is 5.41 Å². The Kier molecular flexibility index (Phi) is 5.14. The molecule has 0 heterocycles. The van der Waals surface area contributed by atoms with Crippen LogP contribution in [0.3, 0.4) is 0 Å². The van der Waals surface area contributed by atoms with Crippen molar-refractivity contribution in [2.45, 2.75) is 63.8 Å². The number of rotatable bonds is 8. The Morgan fingerprint density at radius 1 is 1.05 bits per heavy atom. The van der Waals surface area contributed by atoms with Crippen molar-refractivity contribution in [1.82, 2.24) is 5.32 Å². The highest BCUT2D eigenvalue weighted by molar-refractivity contribution is 5.28. The molecule has 1 N–H and O–H groups in total. The van der Waals surface area contributed by atoms with Crippen molar-refractivity contribution in [2.24, 2.45) is 0 Å². The molecule has 1 aromatic carbocycles. The van der Waals surface area contributed by atoms with E-state index in [9.17, 15) is 8.78 Å². The van der Waals surface area contributed by atoms with Gasteiger partial charge in [-0.1, -0.05) is 26.7 Å². The van der Waals surface area contributed by atoms with E-state index in [0.717, 1.165) is 43.9 Å². The monoisotopic (exact) mass is 281 g/mol. The van der Waals surface area contributed by atoms with Crippen molar-refractivity contribution in [3.05, 3.63) is 35.4 Å². The third-order valence-electron chi connectivity index (χ3n) is 4.24. The van der Waals surface area contributed by atoms with Crippen LogP contribution in [0.5, 0.6) is 0 Å². The summed E-state index contributed by atoms with van der Waals surface area (Å²) >= 11 is 0. The second-order valence-electron chi connectivity index (χ2n) is 6.09. The molecule has 20 heavy (non-hydrogen) atoms. The van der Waals surface area contributed by atoms with Gasteiger partial charge in [0.05, 0.1) is 0 Å². The third kappa shape index (κ3) is 3.78. The predicted octanol–water partition coefficient (Wildman–Crippen LogP) is 4.55. The molecule has 0 radical (unpaired) electrons. The fourth-order valence-corrected chi connectivity index (χ4v) is 3.14.